The lowest BCUT2D eigenvalue weighted by Crippen LogP contribution is -2.06. The average molecular weight is 379 g/mol. The van der Waals surface area contributed by atoms with Gasteiger partial charge in [0.25, 0.3) is 0 Å². The average Bonchev–Trinajstić information content (AvgIpc) is 2.60. The molecule has 3 heteroatoms. The van der Waals surface area contributed by atoms with Crippen molar-refractivity contribution in [3.8, 4) is 0 Å². The second kappa shape index (κ2) is 20.1. The molecule has 0 aromatic carbocycles. The minimum absolute atomic E-state index is 0.0102. The Morgan fingerprint density at radius 2 is 1.27 bits per heavy atom. The smallest absolute Gasteiger partial charge is 0.304 e. The number of unbranched alkanes of at least 4 members (excludes halogenated alkanes) is 5. The highest BCUT2D eigenvalue weighted by molar-refractivity contribution is 7.81. The van der Waals surface area contributed by atoms with Crippen LogP contribution >= 0.6 is 12.6 Å². The van der Waals surface area contributed by atoms with Gasteiger partial charge in [0.15, 0.2) is 0 Å². The van der Waals surface area contributed by atoms with E-state index in [4.69, 9.17) is 5.11 Å². The first kappa shape index (κ1) is 24.8. The monoisotopic (exact) mass is 378 g/mol. The molecule has 0 heterocycles. The summed E-state index contributed by atoms with van der Waals surface area (Å²) in [6, 6.07) is 0. The molecule has 0 amide bonds. The van der Waals surface area contributed by atoms with Crippen molar-refractivity contribution >= 4 is 18.6 Å². The van der Waals surface area contributed by atoms with Gasteiger partial charge in [0.2, 0.25) is 0 Å². The molecule has 0 fully saturated rings. The maximum atomic E-state index is 10.5. The van der Waals surface area contributed by atoms with Gasteiger partial charge in [0.05, 0.1) is 6.42 Å². The molecule has 148 valence electrons. The molecule has 0 spiro atoms. The number of rotatable bonds is 17. The van der Waals surface area contributed by atoms with Crippen LogP contribution in [-0.2, 0) is 4.79 Å². The molecule has 0 aliphatic rings. The van der Waals surface area contributed by atoms with Crippen LogP contribution in [0, 0.1) is 0 Å². The number of aliphatic carboxylic acids is 1. The van der Waals surface area contributed by atoms with Crippen LogP contribution < -0.4 is 0 Å². The molecule has 0 aliphatic heterocycles. The summed E-state index contributed by atoms with van der Waals surface area (Å²) in [5, 5.41) is 8.65. The normalized spacial score (nSPS) is 13.6. The standard InChI is InChI=1S/C23H38O2S/c1-2-3-4-5-6-7-8-9-10-11-12-13-14-15-16-17-18-19-20-22(26)21-23(24)25/h6-7,9-10,12-13,15-16,22,26H,2-5,8,11,14,17-21H2,1H3,(H,24,25)/b7-6-,10-9-,13-12-,16-15-. The molecule has 26 heavy (non-hydrogen) atoms. The van der Waals surface area contributed by atoms with Crippen molar-refractivity contribution in [1.82, 2.24) is 0 Å². The van der Waals surface area contributed by atoms with Gasteiger partial charge in [0, 0.05) is 5.25 Å². The first-order valence-electron chi connectivity index (χ1n) is 10.2. The molecule has 1 N–H and O–H groups in total. The molecule has 1 atom stereocenters. The Morgan fingerprint density at radius 1 is 0.808 bits per heavy atom. The molecule has 0 rings (SSSR count). The molecule has 1 unspecified atom stereocenters. The van der Waals surface area contributed by atoms with Crippen LogP contribution in [-0.4, -0.2) is 16.3 Å². The zero-order valence-corrected chi connectivity index (χ0v) is 17.4. The Kier molecular flexibility index (Phi) is 19.2. The topological polar surface area (TPSA) is 37.3 Å². The highest BCUT2D eigenvalue weighted by Crippen LogP contribution is 2.12. The van der Waals surface area contributed by atoms with E-state index >= 15 is 0 Å². The summed E-state index contributed by atoms with van der Waals surface area (Å²) in [6.45, 7) is 2.24. The molecular formula is C23H38O2S. The molecule has 0 saturated carbocycles. The highest BCUT2D eigenvalue weighted by atomic mass is 32.1. The fraction of sp³-hybridized carbons (Fsp3) is 0.609. The first-order chi connectivity index (χ1) is 12.7. The summed E-state index contributed by atoms with van der Waals surface area (Å²) in [5.41, 5.74) is 0. The third-order valence-electron chi connectivity index (χ3n) is 4.03. The number of allylic oxidation sites excluding steroid dienone is 8. The molecule has 0 aliphatic carbocycles. The highest BCUT2D eigenvalue weighted by Gasteiger charge is 2.07. The van der Waals surface area contributed by atoms with Crippen molar-refractivity contribution in [2.24, 2.45) is 0 Å². The van der Waals surface area contributed by atoms with E-state index < -0.39 is 5.97 Å². The number of hydrogen-bond donors (Lipinski definition) is 2. The molecule has 0 saturated heterocycles. The molecule has 0 aromatic heterocycles. The third-order valence-corrected chi connectivity index (χ3v) is 4.47. The lowest BCUT2D eigenvalue weighted by molar-refractivity contribution is -0.137. The Labute approximate surface area is 166 Å². The van der Waals surface area contributed by atoms with E-state index in [1.165, 1.54) is 25.7 Å². The van der Waals surface area contributed by atoms with Crippen LogP contribution in [0.15, 0.2) is 48.6 Å². The van der Waals surface area contributed by atoms with Gasteiger partial charge in [-0.15, -0.1) is 0 Å². The summed E-state index contributed by atoms with van der Waals surface area (Å²) >= 11 is 4.29. The van der Waals surface area contributed by atoms with Gasteiger partial charge < -0.3 is 5.11 Å². The second-order valence-corrected chi connectivity index (χ2v) is 7.35. The maximum absolute atomic E-state index is 10.5. The van der Waals surface area contributed by atoms with Gasteiger partial charge in [-0.25, -0.2) is 0 Å². The number of carbonyl (C=O) groups is 1. The van der Waals surface area contributed by atoms with E-state index in [9.17, 15) is 4.79 Å². The van der Waals surface area contributed by atoms with Gasteiger partial charge in [0.1, 0.15) is 0 Å². The molecule has 2 nitrogen and oxygen atoms in total. The number of carboxylic acids is 1. The summed E-state index contributed by atoms with van der Waals surface area (Å²) in [7, 11) is 0. The van der Waals surface area contributed by atoms with Gasteiger partial charge in [-0.1, -0.05) is 74.8 Å². The van der Waals surface area contributed by atoms with Gasteiger partial charge in [-0.3, -0.25) is 4.79 Å². The quantitative estimate of drug-likeness (QED) is 0.158. The first-order valence-corrected chi connectivity index (χ1v) is 10.7. The summed E-state index contributed by atoms with van der Waals surface area (Å²) in [4.78, 5) is 10.5. The van der Waals surface area contributed by atoms with E-state index in [-0.39, 0.29) is 11.7 Å². The van der Waals surface area contributed by atoms with Crippen molar-refractivity contribution in [2.75, 3.05) is 0 Å². The van der Waals surface area contributed by atoms with E-state index in [2.05, 4.69) is 68.2 Å². The second-order valence-electron chi connectivity index (χ2n) is 6.62. The fourth-order valence-corrected chi connectivity index (χ4v) is 2.85. The van der Waals surface area contributed by atoms with Gasteiger partial charge >= 0.3 is 5.97 Å². The van der Waals surface area contributed by atoms with Crippen LogP contribution in [0.3, 0.4) is 0 Å². The van der Waals surface area contributed by atoms with Gasteiger partial charge in [-0.2, -0.15) is 12.6 Å². The van der Waals surface area contributed by atoms with Gasteiger partial charge in [-0.05, 0) is 51.4 Å². The molecule has 0 radical (unpaired) electrons. The minimum Gasteiger partial charge on any atom is -0.481 e. The van der Waals surface area contributed by atoms with Crippen molar-refractivity contribution in [3.05, 3.63) is 48.6 Å². The van der Waals surface area contributed by atoms with Crippen molar-refractivity contribution in [3.63, 3.8) is 0 Å². The zero-order valence-electron chi connectivity index (χ0n) is 16.5. The van der Waals surface area contributed by atoms with Crippen molar-refractivity contribution < 1.29 is 9.90 Å². The molecule has 0 aromatic rings. The zero-order chi connectivity index (χ0) is 19.3. The van der Waals surface area contributed by atoms with Crippen LogP contribution in [0.5, 0.6) is 0 Å². The SMILES string of the molecule is CCCCC/C=C\C/C=C\C/C=C\C/C=C\CCCCC(S)CC(=O)O. The molecular weight excluding hydrogens is 340 g/mol. The number of thiol groups is 1. The fourth-order valence-electron chi connectivity index (χ4n) is 2.51. The Bertz CT molecular complexity index is 435. The summed E-state index contributed by atoms with van der Waals surface area (Å²) in [6.07, 6.45) is 30.3. The van der Waals surface area contributed by atoms with E-state index in [1.807, 2.05) is 0 Å². The largest absolute Gasteiger partial charge is 0.481 e. The van der Waals surface area contributed by atoms with E-state index in [1.54, 1.807) is 0 Å². The van der Waals surface area contributed by atoms with Crippen molar-refractivity contribution in [1.29, 1.82) is 0 Å². The lowest BCUT2D eigenvalue weighted by Gasteiger charge is -2.06. The predicted octanol–water partition coefficient (Wildman–Crippen LogP) is 7.30. The maximum Gasteiger partial charge on any atom is 0.304 e. The molecule has 0 bridgehead atoms. The van der Waals surface area contributed by atoms with E-state index in [0.29, 0.717) is 0 Å². The third kappa shape index (κ3) is 20.8. The van der Waals surface area contributed by atoms with E-state index in [0.717, 1.165) is 44.9 Å². The van der Waals surface area contributed by atoms with Crippen LogP contribution in [0.2, 0.25) is 0 Å². The summed E-state index contributed by atoms with van der Waals surface area (Å²) in [5.74, 6) is -0.759. The minimum atomic E-state index is -0.759. The van der Waals surface area contributed by atoms with Crippen LogP contribution in [0.25, 0.3) is 0 Å². The summed E-state index contributed by atoms with van der Waals surface area (Å²) < 4.78 is 0. The number of hydrogen-bond acceptors (Lipinski definition) is 2. The Morgan fingerprint density at radius 3 is 1.73 bits per heavy atom. The van der Waals surface area contributed by atoms with Crippen molar-refractivity contribution in [2.45, 2.75) is 89.2 Å². The Hall–Kier alpha value is -1.22. The predicted molar refractivity (Wildman–Crippen MR) is 118 cm³/mol. The van der Waals surface area contributed by atoms with Crippen LogP contribution in [0.4, 0.5) is 0 Å². The number of carboxylic acid groups (broad SMARTS) is 1. The van der Waals surface area contributed by atoms with Crippen LogP contribution in [0.1, 0.15) is 84.0 Å². The Balaban J connectivity index is 3.45. The lowest BCUT2D eigenvalue weighted by atomic mass is 10.1.